The van der Waals surface area contributed by atoms with Gasteiger partial charge in [-0.25, -0.2) is 4.39 Å². The molecule has 0 radical (unpaired) electrons. The van der Waals surface area contributed by atoms with Crippen LogP contribution in [0.25, 0.3) is 5.69 Å². The molecule has 4 rings (SSSR count). The Labute approximate surface area is 170 Å². The second-order valence-corrected chi connectivity index (χ2v) is 7.44. The predicted octanol–water partition coefficient (Wildman–Crippen LogP) is 4.62. The zero-order valence-electron chi connectivity index (χ0n) is 16.2. The van der Waals surface area contributed by atoms with Gasteiger partial charge in [-0.1, -0.05) is 6.07 Å². The first-order valence-electron chi connectivity index (χ1n) is 9.44. The summed E-state index contributed by atoms with van der Waals surface area (Å²) in [4.78, 5) is 6.78. The molecule has 144 valence electrons. The number of halogens is 1. The van der Waals surface area contributed by atoms with Crippen LogP contribution in [0.3, 0.4) is 0 Å². The molecule has 4 nitrogen and oxygen atoms in total. The van der Waals surface area contributed by atoms with E-state index in [0.717, 1.165) is 34.4 Å². The molecule has 1 aliphatic rings. The van der Waals surface area contributed by atoms with Gasteiger partial charge in [-0.3, -0.25) is 4.98 Å². The van der Waals surface area contributed by atoms with E-state index in [4.69, 9.17) is 12.2 Å². The second kappa shape index (κ2) is 7.36. The van der Waals surface area contributed by atoms with Crippen LogP contribution in [-0.2, 0) is 0 Å². The number of nitrogens with one attached hydrogen (secondary N) is 1. The maximum Gasteiger partial charge on any atom is 0.170 e. The highest BCUT2D eigenvalue weighted by atomic mass is 32.1. The van der Waals surface area contributed by atoms with Gasteiger partial charge in [-0.15, -0.1) is 0 Å². The Balaban J connectivity index is 1.82. The van der Waals surface area contributed by atoms with Gasteiger partial charge in [0.15, 0.2) is 5.11 Å². The maximum atomic E-state index is 13.4. The minimum absolute atomic E-state index is 0.0178. The highest BCUT2D eigenvalue weighted by Crippen LogP contribution is 2.41. The Morgan fingerprint density at radius 3 is 2.54 bits per heavy atom. The number of likely N-dealkylation sites (N-methyl/N-ethyl adjacent to an activating group) is 1. The van der Waals surface area contributed by atoms with Crippen molar-refractivity contribution in [2.24, 2.45) is 0 Å². The fourth-order valence-corrected chi connectivity index (χ4v) is 4.53. The van der Waals surface area contributed by atoms with Crippen LogP contribution in [0.2, 0.25) is 0 Å². The van der Waals surface area contributed by atoms with Crippen LogP contribution in [-0.4, -0.2) is 26.1 Å². The molecule has 1 aromatic carbocycles. The topological polar surface area (TPSA) is 33.1 Å². The third-order valence-electron chi connectivity index (χ3n) is 5.41. The summed E-state index contributed by atoms with van der Waals surface area (Å²) in [5.74, 6) is -0.232. The number of aromatic nitrogens is 2. The molecule has 1 fully saturated rings. The van der Waals surface area contributed by atoms with Crippen LogP contribution in [0.4, 0.5) is 4.39 Å². The zero-order valence-corrected chi connectivity index (χ0v) is 17.0. The van der Waals surface area contributed by atoms with Crippen molar-refractivity contribution in [2.75, 3.05) is 6.54 Å². The van der Waals surface area contributed by atoms with Crippen molar-refractivity contribution in [3.05, 3.63) is 83.2 Å². The van der Waals surface area contributed by atoms with Crippen molar-refractivity contribution < 1.29 is 4.39 Å². The van der Waals surface area contributed by atoms with Gasteiger partial charge in [0.05, 0.1) is 17.8 Å². The average molecular weight is 395 g/mol. The number of benzene rings is 1. The number of aryl methyl sites for hydroxylation is 1. The van der Waals surface area contributed by atoms with E-state index in [0.29, 0.717) is 0 Å². The molecule has 1 N–H and O–H groups in total. The van der Waals surface area contributed by atoms with E-state index in [2.05, 4.69) is 46.6 Å². The van der Waals surface area contributed by atoms with Crippen LogP contribution in [0, 0.1) is 19.7 Å². The van der Waals surface area contributed by atoms with Crippen LogP contribution < -0.4 is 5.32 Å². The quantitative estimate of drug-likeness (QED) is 0.655. The Kier molecular flexibility index (Phi) is 4.89. The molecule has 3 aromatic rings. The molecule has 2 aromatic heterocycles. The summed E-state index contributed by atoms with van der Waals surface area (Å²) in [6.07, 6.45) is 1.81. The van der Waals surface area contributed by atoms with E-state index in [1.54, 1.807) is 0 Å². The summed E-state index contributed by atoms with van der Waals surface area (Å²) in [7, 11) is 0. The number of nitrogens with zero attached hydrogens (tertiary/aromatic N) is 3. The lowest BCUT2D eigenvalue weighted by Gasteiger charge is -2.27. The third kappa shape index (κ3) is 3.07. The summed E-state index contributed by atoms with van der Waals surface area (Å²) in [5.41, 5.74) is 5.35. The van der Waals surface area contributed by atoms with Gasteiger partial charge in [0.2, 0.25) is 0 Å². The molecule has 1 saturated heterocycles. The van der Waals surface area contributed by atoms with Gasteiger partial charge in [-0.2, -0.15) is 0 Å². The van der Waals surface area contributed by atoms with Crippen molar-refractivity contribution >= 4 is 17.3 Å². The average Bonchev–Trinajstić information content (AvgIpc) is 3.18. The number of pyridine rings is 1. The summed E-state index contributed by atoms with van der Waals surface area (Å²) >= 11 is 5.62. The first-order valence-corrected chi connectivity index (χ1v) is 9.85. The Morgan fingerprint density at radius 1 is 1.14 bits per heavy atom. The fraction of sp³-hybridized carbons (Fsp3) is 0.273. The molecule has 1 aliphatic heterocycles. The maximum absolute atomic E-state index is 13.4. The molecule has 6 heteroatoms. The summed E-state index contributed by atoms with van der Waals surface area (Å²) in [6, 6.07) is 14.8. The molecule has 0 bridgehead atoms. The van der Waals surface area contributed by atoms with Gasteiger partial charge >= 0.3 is 0 Å². The van der Waals surface area contributed by atoms with Crippen molar-refractivity contribution in [1.82, 2.24) is 19.8 Å². The lowest BCUT2D eigenvalue weighted by molar-refractivity contribution is 0.329. The molecule has 0 aliphatic carbocycles. The van der Waals surface area contributed by atoms with Crippen molar-refractivity contribution in [3.8, 4) is 5.69 Å². The van der Waals surface area contributed by atoms with Crippen LogP contribution >= 0.6 is 12.2 Å². The largest absolute Gasteiger partial charge is 0.352 e. The SMILES string of the molecule is CCN1C(=S)N[C@@H](c2ccccn2)[C@@H]1c1cc(C)n(-c2ccc(F)cc2)c1C. The first kappa shape index (κ1) is 18.6. The summed E-state index contributed by atoms with van der Waals surface area (Å²) in [5, 5.41) is 4.20. The van der Waals surface area contributed by atoms with Crippen molar-refractivity contribution in [3.63, 3.8) is 0 Å². The van der Waals surface area contributed by atoms with E-state index >= 15 is 0 Å². The standard InChI is InChI=1S/C22H23FN4S/c1-4-26-21(20(25-22(26)28)19-7-5-6-12-24-19)18-13-14(2)27(15(18)3)17-10-8-16(23)9-11-17/h5-13,20-21H,4H2,1-3H3,(H,25,28)/t20-,21-/m0/s1. The lowest BCUT2D eigenvalue weighted by atomic mass is 9.97. The van der Waals surface area contributed by atoms with Crippen LogP contribution in [0.5, 0.6) is 0 Å². The molecule has 0 amide bonds. The van der Waals surface area contributed by atoms with Crippen LogP contribution in [0.1, 0.15) is 41.7 Å². The molecule has 3 heterocycles. The van der Waals surface area contributed by atoms with Crippen molar-refractivity contribution in [2.45, 2.75) is 32.9 Å². The van der Waals surface area contributed by atoms with Gasteiger partial charge in [0, 0.05) is 29.8 Å². The molecular formula is C22H23FN4S. The molecule has 0 spiro atoms. The molecule has 0 saturated carbocycles. The molecule has 2 atom stereocenters. The molecule has 0 unspecified atom stereocenters. The Bertz CT molecular complexity index is 997. The number of thiocarbonyl (C=S) groups is 1. The van der Waals surface area contributed by atoms with E-state index in [1.165, 1.54) is 17.7 Å². The van der Waals surface area contributed by atoms with E-state index in [9.17, 15) is 4.39 Å². The summed E-state index contributed by atoms with van der Waals surface area (Å²) in [6.45, 7) is 7.10. The third-order valence-corrected chi connectivity index (χ3v) is 5.76. The Morgan fingerprint density at radius 2 is 1.89 bits per heavy atom. The smallest absolute Gasteiger partial charge is 0.170 e. The van der Waals surface area contributed by atoms with Gasteiger partial charge < -0.3 is 14.8 Å². The zero-order chi connectivity index (χ0) is 19.8. The van der Waals surface area contributed by atoms with Crippen molar-refractivity contribution in [1.29, 1.82) is 0 Å². The van der Waals surface area contributed by atoms with Gasteiger partial charge in [-0.05, 0) is 81.0 Å². The number of rotatable bonds is 4. The monoisotopic (exact) mass is 394 g/mol. The molecular weight excluding hydrogens is 371 g/mol. The minimum Gasteiger partial charge on any atom is -0.352 e. The summed E-state index contributed by atoms with van der Waals surface area (Å²) < 4.78 is 15.6. The first-order chi connectivity index (χ1) is 13.5. The lowest BCUT2D eigenvalue weighted by Crippen LogP contribution is -2.29. The normalized spacial score (nSPS) is 19.1. The highest BCUT2D eigenvalue weighted by Gasteiger charge is 2.40. The van der Waals surface area contributed by atoms with E-state index in [1.807, 2.05) is 36.5 Å². The van der Waals surface area contributed by atoms with Gasteiger partial charge in [0.1, 0.15) is 5.82 Å². The van der Waals surface area contributed by atoms with E-state index in [-0.39, 0.29) is 17.9 Å². The molecule has 28 heavy (non-hydrogen) atoms. The fourth-order valence-electron chi connectivity index (χ4n) is 4.16. The van der Waals surface area contributed by atoms with Gasteiger partial charge in [0.25, 0.3) is 0 Å². The number of hydrogen-bond donors (Lipinski definition) is 1. The van der Waals surface area contributed by atoms with E-state index < -0.39 is 0 Å². The second-order valence-electron chi connectivity index (χ2n) is 7.05. The minimum atomic E-state index is -0.232. The number of hydrogen-bond acceptors (Lipinski definition) is 2. The Hall–Kier alpha value is -2.73. The predicted molar refractivity (Wildman–Crippen MR) is 113 cm³/mol. The van der Waals surface area contributed by atoms with Crippen LogP contribution in [0.15, 0.2) is 54.7 Å². The highest BCUT2D eigenvalue weighted by molar-refractivity contribution is 7.80.